The number of anilines is 1. The monoisotopic (exact) mass is 221 g/mol. The van der Waals surface area contributed by atoms with Gasteiger partial charge in [-0.15, -0.1) is 0 Å². The van der Waals surface area contributed by atoms with Crippen molar-refractivity contribution in [2.75, 3.05) is 12.8 Å². The minimum Gasteiger partial charge on any atom is -0.496 e. The van der Waals surface area contributed by atoms with Crippen LogP contribution in [0, 0.1) is 6.92 Å². The number of hydrogen-bond acceptors (Lipinski definition) is 4. The maximum absolute atomic E-state index is 10.8. The largest absolute Gasteiger partial charge is 0.496 e. The van der Waals surface area contributed by atoms with Gasteiger partial charge in [0.2, 0.25) is 5.76 Å². The molecule has 5 nitrogen and oxygen atoms in total. The van der Waals surface area contributed by atoms with Crippen LogP contribution >= 0.6 is 0 Å². The van der Waals surface area contributed by atoms with Crippen LogP contribution in [0.3, 0.4) is 0 Å². The standard InChI is InChI=1S/C11H11NO4/c1-5-3-7(12)10-6(9(5)15-2)4-8(16-10)11(13)14/h3-4H,12H2,1-2H3,(H,13,14). The van der Waals surface area contributed by atoms with Crippen LogP contribution in [0.15, 0.2) is 16.5 Å². The summed E-state index contributed by atoms with van der Waals surface area (Å²) in [6, 6.07) is 3.11. The van der Waals surface area contributed by atoms with Crippen LogP contribution in [0.25, 0.3) is 11.0 Å². The maximum atomic E-state index is 10.8. The number of benzene rings is 1. The van der Waals surface area contributed by atoms with Gasteiger partial charge >= 0.3 is 5.97 Å². The summed E-state index contributed by atoms with van der Waals surface area (Å²) in [5.74, 6) is -0.693. The number of ether oxygens (including phenoxy) is 1. The van der Waals surface area contributed by atoms with Crippen LogP contribution in [0.5, 0.6) is 5.75 Å². The van der Waals surface area contributed by atoms with Gasteiger partial charge in [0.15, 0.2) is 5.58 Å². The van der Waals surface area contributed by atoms with Crippen molar-refractivity contribution in [3.8, 4) is 5.75 Å². The first-order valence-corrected chi connectivity index (χ1v) is 4.64. The number of nitrogens with two attached hydrogens (primary N) is 1. The van der Waals surface area contributed by atoms with Crippen LogP contribution in [0.4, 0.5) is 5.69 Å². The summed E-state index contributed by atoms with van der Waals surface area (Å²) in [5.41, 5.74) is 7.34. The molecule has 0 bridgehead atoms. The molecular formula is C11H11NO4. The third kappa shape index (κ3) is 1.37. The fourth-order valence-corrected chi connectivity index (χ4v) is 1.73. The number of carbonyl (C=O) groups is 1. The van der Waals surface area contributed by atoms with Gasteiger partial charge in [-0.25, -0.2) is 4.79 Å². The summed E-state index contributed by atoms with van der Waals surface area (Å²) >= 11 is 0. The Labute approximate surface area is 91.4 Å². The van der Waals surface area contributed by atoms with Crippen LogP contribution in [-0.4, -0.2) is 18.2 Å². The van der Waals surface area contributed by atoms with E-state index in [0.717, 1.165) is 5.56 Å². The van der Waals surface area contributed by atoms with Crippen molar-refractivity contribution in [1.82, 2.24) is 0 Å². The Morgan fingerprint density at radius 1 is 1.50 bits per heavy atom. The first kappa shape index (κ1) is 10.4. The van der Waals surface area contributed by atoms with E-state index in [1.807, 2.05) is 6.92 Å². The zero-order valence-electron chi connectivity index (χ0n) is 8.90. The zero-order valence-corrected chi connectivity index (χ0v) is 8.90. The summed E-state index contributed by atoms with van der Waals surface area (Å²) in [6.07, 6.45) is 0. The molecule has 0 unspecified atom stereocenters. The highest BCUT2D eigenvalue weighted by Crippen LogP contribution is 2.35. The Morgan fingerprint density at radius 2 is 2.19 bits per heavy atom. The SMILES string of the molecule is COc1c(C)cc(N)c2oc(C(=O)O)cc12. The number of carboxylic acids is 1. The third-order valence-corrected chi connectivity index (χ3v) is 2.38. The molecule has 1 heterocycles. The number of methoxy groups -OCH3 is 1. The second-order valence-electron chi connectivity index (χ2n) is 3.47. The lowest BCUT2D eigenvalue weighted by molar-refractivity contribution is 0.0665. The molecule has 1 aromatic carbocycles. The van der Waals surface area contributed by atoms with Crippen molar-refractivity contribution in [3.63, 3.8) is 0 Å². The molecule has 0 aliphatic heterocycles. The van der Waals surface area contributed by atoms with Crippen LogP contribution in [0.2, 0.25) is 0 Å². The van der Waals surface area contributed by atoms with Gasteiger partial charge in [-0.3, -0.25) is 0 Å². The van der Waals surface area contributed by atoms with Gasteiger partial charge in [0, 0.05) is 6.07 Å². The molecule has 84 valence electrons. The van der Waals surface area contributed by atoms with Crippen LogP contribution in [0.1, 0.15) is 16.1 Å². The fourth-order valence-electron chi connectivity index (χ4n) is 1.73. The Hall–Kier alpha value is -2.17. The lowest BCUT2D eigenvalue weighted by Crippen LogP contribution is -1.91. The van der Waals surface area contributed by atoms with E-state index in [1.165, 1.54) is 13.2 Å². The van der Waals surface area contributed by atoms with Crippen molar-refractivity contribution < 1.29 is 19.1 Å². The Morgan fingerprint density at radius 3 is 2.75 bits per heavy atom. The molecule has 5 heteroatoms. The van der Waals surface area contributed by atoms with Gasteiger partial charge in [0.05, 0.1) is 18.2 Å². The van der Waals surface area contributed by atoms with Gasteiger partial charge in [-0.2, -0.15) is 0 Å². The molecule has 0 saturated heterocycles. The normalized spacial score (nSPS) is 10.6. The molecule has 16 heavy (non-hydrogen) atoms. The highest BCUT2D eigenvalue weighted by atomic mass is 16.5. The molecule has 1 aromatic heterocycles. The smallest absolute Gasteiger partial charge is 0.371 e. The molecule has 0 aliphatic carbocycles. The van der Waals surface area contributed by atoms with E-state index in [9.17, 15) is 4.79 Å². The third-order valence-electron chi connectivity index (χ3n) is 2.38. The minimum absolute atomic E-state index is 0.148. The second-order valence-corrected chi connectivity index (χ2v) is 3.47. The van der Waals surface area contributed by atoms with E-state index >= 15 is 0 Å². The van der Waals surface area contributed by atoms with Gasteiger partial charge in [-0.1, -0.05) is 0 Å². The maximum Gasteiger partial charge on any atom is 0.371 e. The molecule has 0 atom stereocenters. The van der Waals surface area contributed by atoms with Gasteiger partial charge in [0.1, 0.15) is 5.75 Å². The lowest BCUT2D eigenvalue weighted by atomic mass is 10.1. The summed E-state index contributed by atoms with van der Waals surface area (Å²) in [5, 5.41) is 9.42. The molecule has 0 saturated carbocycles. The highest BCUT2D eigenvalue weighted by molar-refractivity contribution is 5.99. The minimum atomic E-state index is -1.13. The number of rotatable bonds is 2. The van der Waals surface area contributed by atoms with Crippen molar-refractivity contribution in [1.29, 1.82) is 0 Å². The lowest BCUT2D eigenvalue weighted by Gasteiger charge is -2.06. The molecule has 0 radical (unpaired) electrons. The van der Waals surface area contributed by atoms with Gasteiger partial charge < -0.3 is 20.0 Å². The van der Waals surface area contributed by atoms with Gasteiger partial charge in [0.25, 0.3) is 0 Å². The van der Waals surface area contributed by atoms with E-state index in [-0.39, 0.29) is 5.76 Å². The number of carboxylic acid groups (broad SMARTS) is 1. The summed E-state index contributed by atoms with van der Waals surface area (Å²) < 4.78 is 10.4. The summed E-state index contributed by atoms with van der Waals surface area (Å²) in [7, 11) is 1.52. The zero-order chi connectivity index (χ0) is 11.9. The number of fused-ring (bicyclic) bond motifs is 1. The van der Waals surface area contributed by atoms with E-state index in [4.69, 9.17) is 20.0 Å². The van der Waals surface area contributed by atoms with Crippen molar-refractivity contribution in [2.24, 2.45) is 0 Å². The topological polar surface area (TPSA) is 85.7 Å². The Bertz CT molecular complexity index is 571. The molecule has 0 spiro atoms. The van der Waals surface area contributed by atoms with Gasteiger partial charge in [-0.05, 0) is 18.6 Å². The average molecular weight is 221 g/mol. The number of hydrogen-bond donors (Lipinski definition) is 2. The predicted octanol–water partition coefficient (Wildman–Crippen LogP) is 2.03. The molecular weight excluding hydrogens is 210 g/mol. The van der Waals surface area contributed by atoms with Crippen LogP contribution < -0.4 is 10.5 Å². The first-order valence-electron chi connectivity index (χ1n) is 4.64. The highest BCUT2D eigenvalue weighted by Gasteiger charge is 2.17. The van der Waals surface area contributed by atoms with Crippen molar-refractivity contribution >= 4 is 22.6 Å². The molecule has 3 N–H and O–H groups in total. The number of nitrogen functional groups attached to an aromatic ring is 1. The van der Waals surface area contributed by atoms with Crippen LogP contribution in [-0.2, 0) is 0 Å². The fraction of sp³-hybridized carbons (Fsp3) is 0.182. The van der Waals surface area contributed by atoms with Crippen molar-refractivity contribution in [3.05, 3.63) is 23.5 Å². The predicted molar refractivity (Wildman–Crippen MR) is 58.9 cm³/mol. The second kappa shape index (κ2) is 3.44. The van der Waals surface area contributed by atoms with E-state index in [2.05, 4.69) is 0 Å². The summed E-state index contributed by atoms with van der Waals surface area (Å²) in [4.78, 5) is 10.8. The molecule has 2 aromatic rings. The van der Waals surface area contributed by atoms with E-state index in [0.29, 0.717) is 22.4 Å². The van der Waals surface area contributed by atoms with E-state index in [1.54, 1.807) is 6.07 Å². The molecule has 2 rings (SSSR count). The molecule has 0 amide bonds. The number of furan rings is 1. The average Bonchev–Trinajstić information content (AvgIpc) is 2.63. The molecule has 0 fully saturated rings. The quantitative estimate of drug-likeness (QED) is 0.758. The number of aryl methyl sites for hydroxylation is 1. The number of aromatic carboxylic acids is 1. The molecule has 0 aliphatic rings. The van der Waals surface area contributed by atoms with E-state index < -0.39 is 5.97 Å². The summed E-state index contributed by atoms with van der Waals surface area (Å²) in [6.45, 7) is 1.84. The first-order chi connectivity index (χ1) is 7.54. The Balaban J connectivity index is 2.83. The van der Waals surface area contributed by atoms with Crippen molar-refractivity contribution in [2.45, 2.75) is 6.92 Å². The Kier molecular flexibility index (Phi) is 2.23.